The lowest BCUT2D eigenvalue weighted by Crippen LogP contribution is -2.51. The van der Waals surface area contributed by atoms with Gasteiger partial charge >= 0.3 is 5.97 Å². The number of rotatable bonds is 5. The van der Waals surface area contributed by atoms with Crippen LogP contribution in [0.5, 0.6) is 0 Å². The molecule has 0 unspecified atom stereocenters. The summed E-state index contributed by atoms with van der Waals surface area (Å²) in [7, 11) is 0. The number of hydrogen-bond donors (Lipinski definition) is 2. The monoisotopic (exact) mass is 340 g/mol. The lowest BCUT2D eigenvalue weighted by molar-refractivity contribution is -0.152. The van der Waals surface area contributed by atoms with Crippen LogP contribution in [-0.4, -0.2) is 37.2 Å². The van der Waals surface area contributed by atoms with Gasteiger partial charge in [0.25, 0.3) is 0 Å². The molecule has 1 aliphatic heterocycles. The molecule has 4 nitrogen and oxygen atoms in total. The molecule has 0 amide bonds. The van der Waals surface area contributed by atoms with Crippen LogP contribution < -0.4 is 10.6 Å². The van der Waals surface area contributed by atoms with Crippen molar-refractivity contribution >= 4 is 30.8 Å². The Morgan fingerprint density at radius 3 is 2.19 bits per heavy atom. The van der Waals surface area contributed by atoms with Gasteiger partial charge in [0, 0.05) is 6.04 Å². The molecule has 2 rings (SSSR count). The standard InChI is InChI=1S/C15H28N2O2.2ClH/c1-11(2)14(17-12-7-9-16-10-8-12)15(18)19-13-5-3-4-6-13;;/h11-14,16-17H,3-10H2,1-2H3;2*1H/t14-;;/m0../s1. The number of nitrogens with one attached hydrogen (secondary N) is 2. The molecule has 2 aliphatic rings. The highest BCUT2D eigenvalue weighted by atomic mass is 35.5. The van der Waals surface area contributed by atoms with E-state index in [2.05, 4.69) is 24.5 Å². The summed E-state index contributed by atoms with van der Waals surface area (Å²) in [5, 5.41) is 6.86. The summed E-state index contributed by atoms with van der Waals surface area (Å²) < 4.78 is 5.66. The van der Waals surface area contributed by atoms with Crippen LogP contribution >= 0.6 is 24.8 Å². The molecule has 1 saturated carbocycles. The van der Waals surface area contributed by atoms with Crippen LogP contribution in [0.25, 0.3) is 0 Å². The van der Waals surface area contributed by atoms with Crippen LogP contribution in [-0.2, 0) is 9.53 Å². The summed E-state index contributed by atoms with van der Waals surface area (Å²) in [6.45, 7) is 6.27. The third kappa shape index (κ3) is 6.72. The minimum absolute atomic E-state index is 0. The fraction of sp³-hybridized carbons (Fsp3) is 0.933. The maximum atomic E-state index is 12.3. The number of piperidine rings is 1. The van der Waals surface area contributed by atoms with Gasteiger partial charge in [-0.15, -0.1) is 24.8 Å². The molecular formula is C15H30Cl2N2O2. The van der Waals surface area contributed by atoms with E-state index in [0.29, 0.717) is 6.04 Å². The number of esters is 1. The van der Waals surface area contributed by atoms with Gasteiger partial charge in [-0.25, -0.2) is 0 Å². The summed E-state index contributed by atoms with van der Waals surface area (Å²) in [6, 6.07) is 0.300. The lowest BCUT2D eigenvalue weighted by atomic mass is 10.00. The van der Waals surface area contributed by atoms with Crippen molar-refractivity contribution < 1.29 is 9.53 Å². The van der Waals surface area contributed by atoms with E-state index in [1.54, 1.807) is 0 Å². The van der Waals surface area contributed by atoms with Crippen molar-refractivity contribution in [2.45, 2.75) is 70.6 Å². The van der Waals surface area contributed by atoms with E-state index < -0.39 is 0 Å². The Bertz CT molecular complexity index is 291. The van der Waals surface area contributed by atoms with E-state index in [1.165, 1.54) is 12.8 Å². The Balaban J connectivity index is 0.00000200. The van der Waals surface area contributed by atoms with E-state index >= 15 is 0 Å². The van der Waals surface area contributed by atoms with Crippen molar-refractivity contribution in [2.75, 3.05) is 13.1 Å². The second kappa shape index (κ2) is 10.7. The first kappa shape index (κ1) is 21.0. The molecule has 2 fully saturated rings. The first-order valence-electron chi connectivity index (χ1n) is 7.84. The molecule has 6 heteroatoms. The number of ether oxygens (including phenoxy) is 1. The smallest absolute Gasteiger partial charge is 0.323 e. The van der Waals surface area contributed by atoms with Gasteiger partial charge in [0.05, 0.1) is 0 Å². The first-order chi connectivity index (χ1) is 9.16. The summed E-state index contributed by atoms with van der Waals surface area (Å²) in [6.07, 6.45) is 6.86. The zero-order chi connectivity index (χ0) is 13.7. The van der Waals surface area contributed by atoms with Gasteiger partial charge in [0.2, 0.25) is 0 Å². The molecular weight excluding hydrogens is 311 g/mol. The van der Waals surface area contributed by atoms with Crippen molar-refractivity contribution in [1.82, 2.24) is 10.6 Å². The van der Waals surface area contributed by atoms with E-state index in [1.807, 2.05) is 0 Å². The highest BCUT2D eigenvalue weighted by Crippen LogP contribution is 2.22. The predicted octanol–water partition coefficient (Wildman–Crippen LogP) is 2.68. The molecule has 1 aliphatic carbocycles. The molecule has 126 valence electrons. The third-order valence-electron chi connectivity index (χ3n) is 4.26. The zero-order valence-electron chi connectivity index (χ0n) is 13.1. The Hall–Kier alpha value is -0.0300. The van der Waals surface area contributed by atoms with Crippen LogP contribution in [0.2, 0.25) is 0 Å². The Labute approximate surface area is 141 Å². The normalized spacial score (nSPS) is 21.5. The molecule has 0 aromatic carbocycles. The van der Waals surface area contributed by atoms with E-state index in [0.717, 1.165) is 38.8 Å². The predicted molar refractivity (Wildman–Crippen MR) is 90.5 cm³/mol. The fourth-order valence-electron chi connectivity index (χ4n) is 3.02. The molecule has 0 radical (unpaired) electrons. The van der Waals surface area contributed by atoms with E-state index in [9.17, 15) is 4.79 Å². The SMILES string of the molecule is CC(C)[C@H](NC1CCNCC1)C(=O)OC1CCCC1.Cl.Cl. The van der Waals surface area contributed by atoms with E-state index in [-0.39, 0.29) is 48.8 Å². The molecule has 1 atom stereocenters. The Morgan fingerprint density at radius 1 is 1.10 bits per heavy atom. The third-order valence-corrected chi connectivity index (χ3v) is 4.26. The average Bonchev–Trinajstić information content (AvgIpc) is 2.89. The van der Waals surface area contributed by atoms with Crippen molar-refractivity contribution in [1.29, 1.82) is 0 Å². The lowest BCUT2D eigenvalue weighted by Gasteiger charge is -2.30. The average molecular weight is 341 g/mol. The second-order valence-corrected chi connectivity index (χ2v) is 6.26. The van der Waals surface area contributed by atoms with Gasteiger partial charge in [0.15, 0.2) is 0 Å². The van der Waals surface area contributed by atoms with Gasteiger partial charge in [0.1, 0.15) is 12.1 Å². The minimum Gasteiger partial charge on any atom is -0.461 e. The highest BCUT2D eigenvalue weighted by molar-refractivity contribution is 5.85. The quantitative estimate of drug-likeness (QED) is 0.755. The maximum absolute atomic E-state index is 12.3. The van der Waals surface area contributed by atoms with Crippen molar-refractivity contribution in [3.63, 3.8) is 0 Å². The first-order valence-corrected chi connectivity index (χ1v) is 7.84. The second-order valence-electron chi connectivity index (χ2n) is 6.26. The van der Waals surface area contributed by atoms with Crippen molar-refractivity contribution in [3.05, 3.63) is 0 Å². The van der Waals surface area contributed by atoms with Crippen molar-refractivity contribution in [2.24, 2.45) is 5.92 Å². The summed E-state index contributed by atoms with van der Waals surface area (Å²) >= 11 is 0. The van der Waals surface area contributed by atoms with Crippen LogP contribution in [0.4, 0.5) is 0 Å². The molecule has 0 spiro atoms. The van der Waals surface area contributed by atoms with E-state index in [4.69, 9.17) is 4.74 Å². The molecule has 21 heavy (non-hydrogen) atoms. The highest BCUT2D eigenvalue weighted by Gasteiger charge is 2.29. The van der Waals surface area contributed by atoms with Crippen LogP contribution in [0, 0.1) is 5.92 Å². The number of carbonyl (C=O) groups excluding carboxylic acids is 1. The van der Waals surface area contributed by atoms with Gasteiger partial charge in [-0.05, 0) is 57.5 Å². The fourth-order valence-corrected chi connectivity index (χ4v) is 3.02. The number of hydrogen-bond acceptors (Lipinski definition) is 4. The number of carbonyl (C=O) groups is 1. The largest absolute Gasteiger partial charge is 0.461 e. The molecule has 1 saturated heterocycles. The zero-order valence-corrected chi connectivity index (χ0v) is 14.7. The van der Waals surface area contributed by atoms with Gasteiger partial charge in [-0.3, -0.25) is 4.79 Å². The van der Waals surface area contributed by atoms with Gasteiger partial charge in [-0.1, -0.05) is 13.8 Å². The molecule has 0 aromatic heterocycles. The summed E-state index contributed by atoms with van der Waals surface area (Å²) in [5.41, 5.74) is 0. The van der Waals surface area contributed by atoms with Gasteiger partial charge in [-0.2, -0.15) is 0 Å². The minimum atomic E-state index is -0.149. The summed E-state index contributed by atoms with van der Waals surface area (Å²) in [4.78, 5) is 12.3. The molecule has 0 aromatic rings. The Morgan fingerprint density at radius 2 is 1.67 bits per heavy atom. The molecule has 2 N–H and O–H groups in total. The molecule has 1 heterocycles. The van der Waals surface area contributed by atoms with Crippen LogP contribution in [0.1, 0.15) is 52.4 Å². The van der Waals surface area contributed by atoms with Crippen LogP contribution in [0.3, 0.4) is 0 Å². The van der Waals surface area contributed by atoms with Crippen LogP contribution in [0.15, 0.2) is 0 Å². The maximum Gasteiger partial charge on any atom is 0.323 e. The summed E-state index contributed by atoms with van der Waals surface area (Å²) in [5.74, 6) is 0.240. The van der Waals surface area contributed by atoms with Gasteiger partial charge < -0.3 is 15.4 Å². The molecule has 0 bridgehead atoms. The van der Waals surface area contributed by atoms with Crippen molar-refractivity contribution in [3.8, 4) is 0 Å². The topological polar surface area (TPSA) is 50.4 Å². The Kier molecular flexibility index (Phi) is 10.6. The number of halogens is 2.